The van der Waals surface area contributed by atoms with Crippen molar-refractivity contribution in [1.29, 1.82) is 0 Å². The number of para-hydroxylation sites is 1. The van der Waals surface area contributed by atoms with Gasteiger partial charge in [0.05, 0.1) is 11.1 Å². The first-order chi connectivity index (χ1) is 14.7. The normalized spacial score (nSPS) is 17.2. The lowest BCUT2D eigenvalue weighted by Crippen LogP contribution is -2.41. The minimum Gasteiger partial charge on any atom is -0.385 e. The zero-order valence-corrected chi connectivity index (χ0v) is 17.5. The predicted molar refractivity (Wildman–Crippen MR) is 117 cm³/mol. The van der Waals surface area contributed by atoms with Crippen LogP contribution in [0.1, 0.15) is 42.5 Å². The van der Waals surface area contributed by atoms with E-state index in [0.29, 0.717) is 24.8 Å². The minimum atomic E-state index is -0.0253. The van der Waals surface area contributed by atoms with Crippen LogP contribution in [0.2, 0.25) is 0 Å². The van der Waals surface area contributed by atoms with Crippen LogP contribution >= 0.6 is 0 Å². The molecule has 0 spiro atoms. The van der Waals surface area contributed by atoms with E-state index >= 15 is 0 Å². The molecule has 0 radical (unpaired) electrons. The number of carbonyl (C=O) groups excluding carboxylic acids is 2. The molecule has 7 heteroatoms. The van der Waals surface area contributed by atoms with E-state index in [4.69, 9.17) is 9.72 Å². The number of pyridine rings is 1. The van der Waals surface area contributed by atoms with E-state index < -0.39 is 0 Å². The molecule has 30 heavy (non-hydrogen) atoms. The maximum Gasteiger partial charge on any atom is 0.252 e. The maximum atomic E-state index is 12.8. The van der Waals surface area contributed by atoms with E-state index in [0.717, 1.165) is 61.9 Å². The molecule has 2 heterocycles. The molecule has 0 unspecified atom stereocenters. The highest BCUT2D eigenvalue weighted by Crippen LogP contribution is 2.28. The van der Waals surface area contributed by atoms with Crippen LogP contribution in [-0.2, 0) is 9.53 Å². The Morgan fingerprint density at radius 1 is 1.17 bits per heavy atom. The average Bonchev–Trinajstić information content (AvgIpc) is 3.60. The Bertz CT molecular complexity index is 904. The molecule has 1 aromatic heterocycles. The van der Waals surface area contributed by atoms with Crippen LogP contribution in [0.5, 0.6) is 0 Å². The standard InChI is InChI=1S/C23H30N4O3/c1-30-14-4-11-24-22(28)16-9-12-27(13-10-16)21-15-19(23(29)25-17-7-8-17)18-5-2-3-6-20(18)26-21/h2-3,5-6,15-17H,4,7-14H2,1H3,(H,24,28)(H,25,29). The van der Waals surface area contributed by atoms with Crippen LogP contribution in [0.4, 0.5) is 5.82 Å². The number of ether oxygens (including phenoxy) is 1. The third-order valence-electron chi connectivity index (χ3n) is 5.87. The monoisotopic (exact) mass is 410 g/mol. The van der Waals surface area contributed by atoms with E-state index in [2.05, 4.69) is 15.5 Å². The first kappa shape index (κ1) is 20.6. The number of amides is 2. The number of fused-ring (bicyclic) bond motifs is 1. The molecule has 2 N–H and O–H groups in total. The van der Waals surface area contributed by atoms with Crippen LogP contribution in [0.15, 0.2) is 30.3 Å². The summed E-state index contributed by atoms with van der Waals surface area (Å²) >= 11 is 0. The van der Waals surface area contributed by atoms with Crippen molar-refractivity contribution in [3.63, 3.8) is 0 Å². The molecule has 1 aliphatic heterocycles. The van der Waals surface area contributed by atoms with Gasteiger partial charge in [-0.2, -0.15) is 0 Å². The lowest BCUT2D eigenvalue weighted by Gasteiger charge is -2.32. The van der Waals surface area contributed by atoms with Gasteiger partial charge >= 0.3 is 0 Å². The fourth-order valence-corrected chi connectivity index (χ4v) is 3.95. The van der Waals surface area contributed by atoms with Gasteiger partial charge in [0.25, 0.3) is 5.91 Å². The van der Waals surface area contributed by atoms with Crippen molar-refractivity contribution >= 4 is 28.5 Å². The number of carbonyl (C=O) groups is 2. The molecule has 1 saturated carbocycles. The second kappa shape index (κ2) is 9.43. The van der Waals surface area contributed by atoms with Crippen molar-refractivity contribution in [2.75, 3.05) is 38.3 Å². The van der Waals surface area contributed by atoms with Crippen molar-refractivity contribution < 1.29 is 14.3 Å². The van der Waals surface area contributed by atoms with Crippen LogP contribution in [0, 0.1) is 5.92 Å². The number of hydrogen-bond donors (Lipinski definition) is 2. The molecule has 0 atom stereocenters. The van der Waals surface area contributed by atoms with Crippen LogP contribution < -0.4 is 15.5 Å². The summed E-state index contributed by atoms with van der Waals surface area (Å²) in [5, 5.41) is 6.98. The van der Waals surface area contributed by atoms with Gasteiger partial charge in [-0.1, -0.05) is 18.2 Å². The van der Waals surface area contributed by atoms with Gasteiger partial charge in [-0.15, -0.1) is 0 Å². The molecule has 2 aromatic rings. The highest BCUT2D eigenvalue weighted by molar-refractivity contribution is 6.07. The Labute approximate surface area is 177 Å². The Balaban J connectivity index is 1.43. The number of benzene rings is 1. The summed E-state index contributed by atoms with van der Waals surface area (Å²) in [6.45, 7) is 2.82. The molecule has 1 aliphatic carbocycles. The van der Waals surface area contributed by atoms with Crippen molar-refractivity contribution in [3.05, 3.63) is 35.9 Å². The number of nitrogens with zero attached hydrogens (tertiary/aromatic N) is 2. The van der Waals surface area contributed by atoms with E-state index in [1.807, 2.05) is 30.3 Å². The highest BCUT2D eigenvalue weighted by Gasteiger charge is 2.28. The zero-order chi connectivity index (χ0) is 20.9. The molecule has 0 bridgehead atoms. The molecular formula is C23H30N4O3. The summed E-state index contributed by atoms with van der Waals surface area (Å²) in [6.07, 6.45) is 4.52. The number of piperidine rings is 1. The average molecular weight is 411 g/mol. The van der Waals surface area contributed by atoms with E-state index in [1.165, 1.54) is 0 Å². The van der Waals surface area contributed by atoms with Gasteiger partial charge in [-0.05, 0) is 44.2 Å². The molecular weight excluding hydrogens is 380 g/mol. The van der Waals surface area contributed by atoms with Crippen molar-refractivity contribution in [1.82, 2.24) is 15.6 Å². The third-order valence-corrected chi connectivity index (χ3v) is 5.87. The molecule has 2 amide bonds. The second-order valence-electron chi connectivity index (χ2n) is 8.19. The van der Waals surface area contributed by atoms with Gasteiger partial charge in [-0.3, -0.25) is 9.59 Å². The molecule has 2 fully saturated rings. The van der Waals surface area contributed by atoms with E-state index in [9.17, 15) is 9.59 Å². The van der Waals surface area contributed by atoms with Gasteiger partial charge in [0.15, 0.2) is 0 Å². The smallest absolute Gasteiger partial charge is 0.252 e. The first-order valence-electron chi connectivity index (χ1n) is 10.9. The molecule has 1 saturated heterocycles. The molecule has 7 nitrogen and oxygen atoms in total. The topological polar surface area (TPSA) is 83.6 Å². The van der Waals surface area contributed by atoms with Crippen molar-refractivity contribution in [3.8, 4) is 0 Å². The van der Waals surface area contributed by atoms with Crippen LogP contribution in [-0.4, -0.2) is 56.2 Å². The summed E-state index contributed by atoms with van der Waals surface area (Å²) in [5.41, 5.74) is 1.51. The summed E-state index contributed by atoms with van der Waals surface area (Å²) < 4.78 is 5.02. The number of hydrogen-bond acceptors (Lipinski definition) is 5. The van der Waals surface area contributed by atoms with Crippen LogP contribution in [0.25, 0.3) is 10.9 Å². The molecule has 2 aliphatic rings. The first-order valence-corrected chi connectivity index (χ1v) is 10.9. The fourth-order valence-electron chi connectivity index (χ4n) is 3.95. The maximum absolute atomic E-state index is 12.8. The molecule has 160 valence electrons. The molecule has 4 rings (SSSR count). The Morgan fingerprint density at radius 3 is 2.67 bits per heavy atom. The molecule has 1 aromatic carbocycles. The van der Waals surface area contributed by atoms with Crippen LogP contribution in [0.3, 0.4) is 0 Å². The Kier molecular flexibility index (Phi) is 6.47. The van der Waals surface area contributed by atoms with Crippen molar-refractivity contribution in [2.24, 2.45) is 5.92 Å². The number of rotatable bonds is 8. The van der Waals surface area contributed by atoms with Gasteiger partial charge in [0.1, 0.15) is 5.82 Å². The fraction of sp³-hybridized carbons (Fsp3) is 0.522. The number of methoxy groups -OCH3 is 1. The van der Waals surface area contributed by atoms with Gasteiger partial charge < -0.3 is 20.3 Å². The lowest BCUT2D eigenvalue weighted by atomic mass is 9.95. The lowest BCUT2D eigenvalue weighted by molar-refractivity contribution is -0.125. The third kappa shape index (κ3) is 4.90. The van der Waals surface area contributed by atoms with Gasteiger partial charge in [0.2, 0.25) is 5.91 Å². The summed E-state index contributed by atoms with van der Waals surface area (Å²) in [7, 11) is 1.67. The number of nitrogens with one attached hydrogen (secondary N) is 2. The van der Waals surface area contributed by atoms with Crippen molar-refractivity contribution in [2.45, 2.75) is 38.1 Å². The second-order valence-corrected chi connectivity index (χ2v) is 8.19. The van der Waals surface area contributed by atoms with E-state index in [-0.39, 0.29) is 17.7 Å². The Morgan fingerprint density at radius 2 is 1.93 bits per heavy atom. The quantitative estimate of drug-likeness (QED) is 0.654. The zero-order valence-electron chi connectivity index (χ0n) is 17.5. The number of anilines is 1. The van der Waals surface area contributed by atoms with E-state index in [1.54, 1.807) is 7.11 Å². The predicted octanol–water partition coefficient (Wildman–Crippen LogP) is 2.50. The Hall–Kier alpha value is -2.67. The highest BCUT2D eigenvalue weighted by atomic mass is 16.5. The summed E-state index contributed by atoms with van der Waals surface area (Å²) in [5.74, 6) is 0.944. The number of aromatic nitrogens is 1. The summed E-state index contributed by atoms with van der Waals surface area (Å²) in [6, 6.07) is 10.0. The minimum absolute atomic E-state index is 0.0253. The SMILES string of the molecule is COCCCNC(=O)C1CCN(c2cc(C(=O)NC3CC3)c3ccccc3n2)CC1. The van der Waals surface area contributed by atoms with Gasteiger partial charge in [0, 0.05) is 50.7 Å². The van der Waals surface area contributed by atoms with Gasteiger partial charge in [-0.25, -0.2) is 4.98 Å². The largest absolute Gasteiger partial charge is 0.385 e. The summed E-state index contributed by atoms with van der Waals surface area (Å²) in [4.78, 5) is 32.2.